The number of amides is 2. The Balaban J connectivity index is 1.20. The maximum Gasteiger partial charge on any atom is 0.328 e. The van der Waals surface area contributed by atoms with Crippen molar-refractivity contribution in [3.63, 3.8) is 0 Å². The van der Waals surface area contributed by atoms with E-state index >= 15 is 0 Å². The number of carbonyl (C=O) groups is 3. The summed E-state index contributed by atoms with van der Waals surface area (Å²) in [4.78, 5) is 40.3. The van der Waals surface area contributed by atoms with E-state index in [0.717, 1.165) is 53.2 Å². The molecule has 2 amide bonds. The molecule has 1 aliphatic heterocycles. The summed E-state index contributed by atoms with van der Waals surface area (Å²) in [6.07, 6.45) is 10.3. The summed E-state index contributed by atoms with van der Waals surface area (Å²) in [5.74, 6) is -1.45. The second kappa shape index (κ2) is 12.4. The summed E-state index contributed by atoms with van der Waals surface area (Å²) in [6, 6.07) is 17.8. The molecule has 8 nitrogen and oxygen atoms in total. The maximum atomic E-state index is 14.5. The fraction of sp³-hybridized carbons (Fsp3) is 0.342. The molecule has 2 aliphatic carbocycles. The Morgan fingerprint density at radius 3 is 2.40 bits per heavy atom. The number of fused-ring (bicyclic) bond motifs is 5. The number of nitrogens with zero attached hydrogens (tertiary/aromatic N) is 2. The van der Waals surface area contributed by atoms with Crippen molar-refractivity contribution in [1.29, 1.82) is 0 Å². The minimum atomic E-state index is -1.03. The SMILES string of the molecule is CN1CCn2c(c(C3CCCCC3)c3ccc(C(=O)NC4(C(=O)Nc5ccc(/C=C/C(=O)O)cc5)CCC4)cc32)-c2ccc(F)cc21. The highest BCUT2D eigenvalue weighted by molar-refractivity contribution is 6.06. The first-order valence-corrected chi connectivity index (χ1v) is 16.5. The van der Waals surface area contributed by atoms with Crippen LogP contribution in [0.25, 0.3) is 28.2 Å². The number of nitrogens with one attached hydrogen (secondary N) is 2. The average Bonchev–Trinajstić information content (AvgIpc) is 3.30. The third-order valence-electron chi connectivity index (χ3n) is 10.2. The van der Waals surface area contributed by atoms with Crippen LogP contribution < -0.4 is 15.5 Å². The van der Waals surface area contributed by atoms with Crippen molar-refractivity contribution in [2.75, 3.05) is 23.8 Å². The number of hydrogen-bond acceptors (Lipinski definition) is 4. The van der Waals surface area contributed by atoms with Crippen molar-refractivity contribution in [2.24, 2.45) is 0 Å². The molecule has 2 saturated carbocycles. The molecule has 242 valence electrons. The van der Waals surface area contributed by atoms with Gasteiger partial charge >= 0.3 is 5.97 Å². The molecular formula is C38H39FN4O4. The standard InChI is InChI=1S/C38H39FN4O4/c1-42-20-21-43-32-22-26(11-15-29(32)34(25-6-3-2-4-7-25)35(43)30-16-12-27(39)23-31(30)42)36(46)41-38(18-5-19-38)37(47)40-28-13-8-24(9-14-28)10-17-33(44)45/h8-17,22-23,25H,2-7,18-21H2,1H3,(H,40,47)(H,41,46)(H,44,45)/b17-10+. The van der Waals surface area contributed by atoms with Gasteiger partial charge in [0.15, 0.2) is 0 Å². The zero-order valence-electron chi connectivity index (χ0n) is 26.5. The Hall–Kier alpha value is -4.92. The Morgan fingerprint density at radius 2 is 1.70 bits per heavy atom. The fourth-order valence-corrected chi connectivity index (χ4v) is 7.56. The van der Waals surface area contributed by atoms with Gasteiger partial charge in [-0.2, -0.15) is 0 Å². The number of aliphatic carboxylic acids is 1. The lowest BCUT2D eigenvalue weighted by molar-refractivity contribution is -0.131. The van der Waals surface area contributed by atoms with Crippen LogP contribution in [0.2, 0.25) is 0 Å². The third kappa shape index (κ3) is 5.79. The number of hydrogen-bond donors (Lipinski definition) is 3. The molecule has 0 unspecified atom stereocenters. The summed E-state index contributed by atoms with van der Waals surface area (Å²) >= 11 is 0. The number of carboxylic acids is 1. The van der Waals surface area contributed by atoms with Crippen LogP contribution in [-0.4, -0.2) is 46.6 Å². The number of rotatable bonds is 7. The van der Waals surface area contributed by atoms with Crippen molar-refractivity contribution in [1.82, 2.24) is 9.88 Å². The number of benzene rings is 3. The predicted molar refractivity (Wildman–Crippen MR) is 182 cm³/mol. The van der Waals surface area contributed by atoms with Crippen molar-refractivity contribution in [3.05, 3.63) is 89.2 Å². The highest BCUT2D eigenvalue weighted by Crippen LogP contribution is 2.47. The normalized spacial score (nSPS) is 17.4. The summed E-state index contributed by atoms with van der Waals surface area (Å²) < 4.78 is 16.8. The fourth-order valence-electron chi connectivity index (χ4n) is 7.56. The van der Waals surface area contributed by atoms with E-state index in [9.17, 15) is 18.8 Å². The molecule has 0 atom stereocenters. The van der Waals surface area contributed by atoms with Gasteiger partial charge in [0.1, 0.15) is 11.4 Å². The molecule has 4 aromatic rings. The lowest BCUT2D eigenvalue weighted by atomic mass is 9.75. The first-order valence-electron chi connectivity index (χ1n) is 16.5. The van der Waals surface area contributed by atoms with Gasteiger partial charge in [-0.3, -0.25) is 9.59 Å². The quantitative estimate of drug-likeness (QED) is 0.185. The molecule has 3 aliphatic rings. The number of carbonyl (C=O) groups excluding carboxylic acids is 2. The van der Waals surface area contributed by atoms with E-state index in [0.29, 0.717) is 48.7 Å². The molecule has 0 spiro atoms. The molecule has 7 rings (SSSR count). The van der Waals surface area contributed by atoms with Crippen LogP contribution in [0.3, 0.4) is 0 Å². The smallest absolute Gasteiger partial charge is 0.328 e. The Labute approximate surface area is 273 Å². The van der Waals surface area contributed by atoms with Gasteiger partial charge in [0, 0.05) is 59.6 Å². The number of carboxylic acid groups (broad SMARTS) is 1. The number of halogens is 1. The van der Waals surface area contributed by atoms with Crippen LogP contribution in [0.15, 0.2) is 66.7 Å². The molecule has 0 bridgehead atoms. The molecule has 3 aromatic carbocycles. The highest BCUT2D eigenvalue weighted by Gasteiger charge is 2.45. The van der Waals surface area contributed by atoms with Gasteiger partial charge in [0.25, 0.3) is 5.91 Å². The number of likely N-dealkylation sites (N-methyl/N-ethyl adjacent to an activating group) is 1. The van der Waals surface area contributed by atoms with Crippen LogP contribution in [-0.2, 0) is 16.1 Å². The van der Waals surface area contributed by atoms with E-state index in [1.807, 2.05) is 25.2 Å². The van der Waals surface area contributed by atoms with Crippen LogP contribution in [0.5, 0.6) is 0 Å². The molecule has 3 N–H and O–H groups in total. The minimum Gasteiger partial charge on any atom is -0.478 e. The van der Waals surface area contributed by atoms with E-state index in [4.69, 9.17) is 5.11 Å². The van der Waals surface area contributed by atoms with Crippen molar-refractivity contribution >= 4 is 46.1 Å². The largest absolute Gasteiger partial charge is 0.478 e. The van der Waals surface area contributed by atoms with Gasteiger partial charge in [-0.15, -0.1) is 0 Å². The summed E-state index contributed by atoms with van der Waals surface area (Å²) in [7, 11) is 2.00. The summed E-state index contributed by atoms with van der Waals surface area (Å²) in [5, 5.41) is 16.0. The van der Waals surface area contributed by atoms with Crippen LogP contribution in [0, 0.1) is 5.82 Å². The van der Waals surface area contributed by atoms with Crippen molar-refractivity contribution in [3.8, 4) is 11.3 Å². The summed E-state index contributed by atoms with van der Waals surface area (Å²) in [6.45, 7) is 1.40. The molecule has 2 heterocycles. The monoisotopic (exact) mass is 634 g/mol. The van der Waals surface area contributed by atoms with E-state index in [1.165, 1.54) is 37.0 Å². The summed E-state index contributed by atoms with van der Waals surface area (Å²) in [5.41, 5.74) is 6.07. The second-order valence-electron chi connectivity index (χ2n) is 13.2. The van der Waals surface area contributed by atoms with Gasteiger partial charge in [-0.1, -0.05) is 37.5 Å². The Bertz CT molecular complexity index is 1900. The van der Waals surface area contributed by atoms with Crippen LogP contribution >= 0.6 is 0 Å². The Kier molecular flexibility index (Phi) is 8.08. The molecule has 9 heteroatoms. The lowest BCUT2D eigenvalue weighted by Crippen LogP contribution is -2.61. The molecular weight excluding hydrogens is 595 g/mol. The van der Waals surface area contributed by atoms with E-state index in [2.05, 4.69) is 26.2 Å². The third-order valence-corrected chi connectivity index (χ3v) is 10.2. The molecule has 0 radical (unpaired) electrons. The molecule has 1 aromatic heterocycles. The van der Waals surface area contributed by atoms with E-state index < -0.39 is 11.5 Å². The van der Waals surface area contributed by atoms with Gasteiger partial charge in [0.05, 0.1) is 5.69 Å². The zero-order chi connectivity index (χ0) is 32.7. The molecule has 0 saturated heterocycles. The number of aromatic nitrogens is 1. The Morgan fingerprint density at radius 1 is 0.936 bits per heavy atom. The van der Waals surface area contributed by atoms with Gasteiger partial charge < -0.3 is 25.2 Å². The highest BCUT2D eigenvalue weighted by atomic mass is 19.1. The first-order chi connectivity index (χ1) is 22.7. The average molecular weight is 635 g/mol. The van der Waals surface area contributed by atoms with E-state index in [-0.39, 0.29) is 17.6 Å². The number of anilines is 2. The van der Waals surface area contributed by atoms with Crippen LogP contribution in [0.1, 0.15) is 78.8 Å². The molecule has 47 heavy (non-hydrogen) atoms. The van der Waals surface area contributed by atoms with Gasteiger partial charge in [-0.25, -0.2) is 9.18 Å². The minimum absolute atomic E-state index is 0.253. The maximum absolute atomic E-state index is 14.5. The molecule has 2 fully saturated rings. The van der Waals surface area contributed by atoms with Crippen molar-refractivity contribution in [2.45, 2.75) is 69.4 Å². The van der Waals surface area contributed by atoms with E-state index in [1.54, 1.807) is 30.3 Å². The van der Waals surface area contributed by atoms with Gasteiger partial charge in [0.2, 0.25) is 5.91 Å². The topological polar surface area (TPSA) is 104 Å². The zero-order valence-corrected chi connectivity index (χ0v) is 26.5. The predicted octanol–water partition coefficient (Wildman–Crippen LogP) is 7.33. The first kappa shape index (κ1) is 30.7. The van der Waals surface area contributed by atoms with Crippen molar-refractivity contribution < 1.29 is 23.9 Å². The van der Waals surface area contributed by atoms with Gasteiger partial charge in [-0.05, 0) is 97.7 Å². The second-order valence-corrected chi connectivity index (χ2v) is 13.2. The van der Waals surface area contributed by atoms with Crippen LogP contribution in [0.4, 0.5) is 15.8 Å². The lowest BCUT2D eigenvalue weighted by Gasteiger charge is -2.40.